The molecule has 5 nitrogen and oxygen atoms in total. The molecule has 0 radical (unpaired) electrons. The van der Waals surface area contributed by atoms with Crippen molar-refractivity contribution in [3.8, 4) is 11.4 Å². The van der Waals surface area contributed by atoms with E-state index in [1.807, 2.05) is 16.9 Å². The number of aryl methyl sites for hydroxylation is 1. The van der Waals surface area contributed by atoms with Crippen LogP contribution in [0.15, 0.2) is 18.5 Å². The average molecular weight is 245 g/mol. The van der Waals surface area contributed by atoms with Crippen molar-refractivity contribution >= 4 is 5.82 Å². The first-order chi connectivity index (χ1) is 8.60. The minimum Gasteiger partial charge on any atom is -0.384 e. The molecule has 5 heteroatoms. The number of nitrogens with two attached hydrogens (primary N) is 1. The van der Waals surface area contributed by atoms with Crippen molar-refractivity contribution in [3.63, 3.8) is 0 Å². The minimum atomic E-state index is 0.333. The van der Waals surface area contributed by atoms with Gasteiger partial charge in [0.2, 0.25) is 0 Å². The largest absolute Gasteiger partial charge is 0.384 e. The number of hydrogen-bond acceptors (Lipinski definition) is 4. The maximum Gasteiger partial charge on any atom is 0.164 e. The van der Waals surface area contributed by atoms with E-state index in [2.05, 4.69) is 35.8 Å². The van der Waals surface area contributed by atoms with Crippen LogP contribution in [0.2, 0.25) is 0 Å². The second-order valence-electron chi connectivity index (χ2n) is 4.69. The lowest BCUT2D eigenvalue weighted by atomic mass is 10.1. The van der Waals surface area contributed by atoms with Crippen molar-refractivity contribution in [2.24, 2.45) is 0 Å². The second kappa shape index (κ2) is 5.16. The third-order valence-corrected chi connectivity index (χ3v) is 2.70. The highest BCUT2D eigenvalue weighted by Crippen LogP contribution is 2.20. The minimum absolute atomic E-state index is 0.333. The van der Waals surface area contributed by atoms with Crippen LogP contribution < -0.4 is 5.73 Å². The monoisotopic (exact) mass is 245 g/mol. The fourth-order valence-corrected chi connectivity index (χ4v) is 1.74. The summed E-state index contributed by atoms with van der Waals surface area (Å²) in [5.74, 6) is 1.49. The number of anilines is 1. The predicted molar refractivity (Wildman–Crippen MR) is 72.0 cm³/mol. The SMILES string of the molecule is CCCn1cc(-c2nc(N)cc(C(C)C)n2)cn1. The van der Waals surface area contributed by atoms with Crippen LogP contribution in [0.5, 0.6) is 0 Å². The Labute approximate surface area is 107 Å². The van der Waals surface area contributed by atoms with Crippen LogP contribution in [0.3, 0.4) is 0 Å². The van der Waals surface area contributed by atoms with Crippen LogP contribution in [0.4, 0.5) is 5.82 Å². The predicted octanol–water partition coefficient (Wildman–Crippen LogP) is 2.46. The van der Waals surface area contributed by atoms with Gasteiger partial charge in [-0.1, -0.05) is 20.8 Å². The van der Waals surface area contributed by atoms with Crippen LogP contribution in [0, 0.1) is 0 Å². The summed E-state index contributed by atoms with van der Waals surface area (Å²) in [7, 11) is 0. The summed E-state index contributed by atoms with van der Waals surface area (Å²) in [6.07, 6.45) is 4.80. The lowest BCUT2D eigenvalue weighted by Gasteiger charge is -2.06. The van der Waals surface area contributed by atoms with E-state index in [0.29, 0.717) is 17.6 Å². The van der Waals surface area contributed by atoms with Crippen molar-refractivity contribution in [1.29, 1.82) is 0 Å². The summed E-state index contributed by atoms with van der Waals surface area (Å²) in [6, 6.07) is 1.82. The molecule has 2 rings (SSSR count). The lowest BCUT2D eigenvalue weighted by Crippen LogP contribution is -2.01. The summed E-state index contributed by atoms with van der Waals surface area (Å²) >= 11 is 0. The first kappa shape index (κ1) is 12.5. The zero-order chi connectivity index (χ0) is 13.1. The van der Waals surface area contributed by atoms with Crippen molar-refractivity contribution < 1.29 is 0 Å². The summed E-state index contributed by atoms with van der Waals surface area (Å²) in [5, 5.41) is 4.28. The molecule has 2 N–H and O–H groups in total. The van der Waals surface area contributed by atoms with Gasteiger partial charge >= 0.3 is 0 Å². The van der Waals surface area contributed by atoms with E-state index in [0.717, 1.165) is 24.2 Å². The molecule has 0 saturated heterocycles. The van der Waals surface area contributed by atoms with Crippen molar-refractivity contribution in [3.05, 3.63) is 24.2 Å². The molecule has 0 saturated carbocycles. The smallest absolute Gasteiger partial charge is 0.164 e. The molecule has 96 valence electrons. The summed E-state index contributed by atoms with van der Waals surface area (Å²) in [6.45, 7) is 7.20. The fourth-order valence-electron chi connectivity index (χ4n) is 1.74. The Bertz CT molecular complexity index is 530. The van der Waals surface area contributed by atoms with Gasteiger partial charge in [-0.2, -0.15) is 5.10 Å². The van der Waals surface area contributed by atoms with E-state index in [9.17, 15) is 0 Å². The number of hydrogen-bond donors (Lipinski definition) is 1. The Morgan fingerprint density at radius 2 is 2.11 bits per heavy atom. The Hall–Kier alpha value is -1.91. The Kier molecular flexibility index (Phi) is 3.60. The third kappa shape index (κ3) is 2.67. The van der Waals surface area contributed by atoms with Gasteiger partial charge in [-0.25, -0.2) is 9.97 Å². The van der Waals surface area contributed by atoms with Gasteiger partial charge in [0.25, 0.3) is 0 Å². The zero-order valence-electron chi connectivity index (χ0n) is 11.1. The van der Waals surface area contributed by atoms with Gasteiger partial charge in [-0.3, -0.25) is 4.68 Å². The quantitative estimate of drug-likeness (QED) is 0.898. The number of aromatic nitrogens is 4. The number of nitrogen functional groups attached to an aromatic ring is 1. The van der Waals surface area contributed by atoms with Gasteiger partial charge in [0.15, 0.2) is 5.82 Å². The van der Waals surface area contributed by atoms with Crippen LogP contribution in [0.25, 0.3) is 11.4 Å². The fraction of sp³-hybridized carbons (Fsp3) is 0.462. The molecule has 2 aromatic heterocycles. The van der Waals surface area contributed by atoms with Gasteiger partial charge < -0.3 is 5.73 Å². The molecule has 0 aromatic carbocycles. The normalized spacial score (nSPS) is 11.1. The molecule has 0 aliphatic carbocycles. The van der Waals surface area contributed by atoms with E-state index < -0.39 is 0 Å². The maximum absolute atomic E-state index is 5.82. The van der Waals surface area contributed by atoms with Gasteiger partial charge in [0, 0.05) is 24.5 Å². The third-order valence-electron chi connectivity index (χ3n) is 2.70. The highest BCUT2D eigenvalue weighted by atomic mass is 15.3. The molecule has 2 heterocycles. The van der Waals surface area contributed by atoms with Gasteiger partial charge in [-0.15, -0.1) is 0 Å². The molecule has 0 aliphatic heterocycles. The Balaban J connectivity index is 2.36. The molecule has 0 bridgehead atoms. The van der Waals surface area contributed by atoms with E-state index in [-0.39, 0.29) is 0 Å². The van der Waals surface area contributed by atoms with Crippen LogP contribution >= 0.6 is 0 Å². The first-order valence-corrected chi connectivity index (χ1v) is 6.27. The lowest BCUT2D eigenvalue weighted by molar-refractivity contribution is 0.603. The second-order valence-corrected chi connectivity index (χ2v) is 4.69. The number of nitrogens with zero attached hydrogens (tertiary/aromatic N) is 4. The summed E-state index contributed by atoms with van der Waals surface area (Å²) in [5.41, 5.74) is 7.70. The molecule has 18 heavy (non-hydrogen) atoms. The Morgan fingerprint density at radius 3 is 2.78 bits per heavy atom. The van der Waals surface area contributed by atoms with Gasteiger partial charge in [0.1, 0.15) is 5.82 Å². The molecule has 0 amide bonds. The average Bonchev–Trinajstić information content (AvgIpc) is 2.77. The zero-order valence-corrected chi connectivity index (χ0v) is 11.1. The van der Waals surface area contributed by atoms with Crippen molar-refractivity contribution in [2.45, 2.75) is 39.7 Å². The van der Waals surface area contributed by atoms with Crippen LogP contribution in [0.1, 0.15) is 38.8 Å². The van der Waals surface area contributed by atoms with Crippen LogP contribution in [-0.4, -0.2) is 19.7 Å². The van der Waals surface area contributed by atoms with Crippen molar-refractivity contribution in [2.75, 3.05) is 5.73 Å². The highest BCUT2D eigenvalue weighted by Gasteiger charge is 2.09. The summed E-state index contributed by atoms with van der Waals surface area (Å²) in [4.78, 5) is 8.81. The van der Waals surface area contributed by atoms with Crippen LogP contribution in [-0.2, 0) is 6.54 Å². The standard InChI is InChI=1S/C13H19N5/c1-4-5-18-8-10(7-15-18)13-16-11(9(2)3)6-12(14)17-13/h6-9H,4-5H2,1-3H3,(H2,14,16,17). The van der Waals surface area contributed by atoms with E-state index >= 15 is 0 Å². The van der Waals surface area contributed by atoms with Gasteiger partial charge in [0.05, 0.1) is 11.8 Å². The highest BCUT2D eigenvalue weighted by molar-refractivity contribution is 5.55. The molecule has 0 unspecified atom stereocenters. The molecular formula is C13H19N5. The first-order valence-electron chi connectivity index (χ1n) is 6.27. The molecule has 0 fully saturated rings. The Morgan fingerprint density at radius 1 is 1.33 bits per heavy atom. The molecule has 0 spiro atoms. The van der Waals surface area contributed by atoms with E-state index in [1.54, 1.807) is 6.20 Å². The molecule has 0 atom stereocenters. The van der Waals surface area contributed by atoms with E-state index in [4.69, 9.17) is 5.73 Å². The summed E-state index contributed by atoms with van der Waals surface area (Å²) < 4.78 is 1.90. The molecule has 0 aliphatic rings. The molecular weight excluding hydrogens is 226 g/mol. The number of rotatable bonds is 4. The topological polar surface area (TPSA) is 69.6 Å². The molecule has 2 aromatic rings. The van der Waals surface area contributed by atoms with E-state index in [1.165, 1.54) is 0 Å². The van der Waals surface area contributed by atoms with Gasteiger partial charge in [-0.05, 0) is 12.3 Å². The van der Waals surface area contributed by atoms with Crippen molar-refractivity contribution in [1.82, 2.24) is 19.7 Å². The maximum atomic E-state index is 5.82.